The molecule has 0 amide bonds. The van der Waals surface area contributed by atoms with E-state index in [0.29, 0.717) is 10.9 Å². The summed E-state index contributed by atoms with van der Waals surface area (Å²) in [5, 5.41) is 0. The third-order valence-electron chi connectivity index (χ3n) is 2.83. The number of nitrogen functional groups attached to an aromatic ring is 1. The molecule has 2 N–H and O–H groups in total. The first-order valence-electron chi connectivity index (χ1n) is 5.68. The lowest BCUT2D eigenvalue weighted by molar-refractivity contribution is 0.714. The molecule has 0 bridgehead atoms. The van der Waals surface area contributed by atoms with Crippen LogP contribution in [0.25, 0.3) is 0 Å². The van der Waals surface area contributed by atoms with Gasteiger partial charge in [0.15, 0.2) is 0 Å². The molecule has 0 radical (unpaired) electrons. The zero-order chi connectivity index (χ0) is 11.5. The lowest BCUT2D eigenvalue weighted by Gasteiger charge is -2.27. The summed E-state index contributed by atoms with van der Waals surface area (Å²) < 4.78 is 0. The maximum Gasteiger partial charge on any atom is 0.222 e. The molecule has 88 valence electrons. The number of rotatable bonds is 1. The van der Waals surface area contributed by atoms with Gasteiger partial charge in [-0.25, -0.2) is 4.98 Å². The van der Waals surface area contributed by atoms with E-state index in [9.17, 15) is 0 Å². The van der Waals surface area contributed by atoms with Crippen LogP contribution in [0.2, 0.25) is 0 Å². The summed E-state index contributed by atoms with van der Waals surface area (Å²) in [6.45, 7) is 2.98. The minimum absolute atomic E-state index is 0.360. The Hall–Kier alpha value is -0.840. The van der Waals surface area contributed by atoms with Gasteiger partial charge in [0.2, 0.25) is 5.95 Å². The topological polar surface area (TPSA) is 55.0 Å². The highest BCUT2D eigenvalue weighted by atomic mass is 79.9. The van der Waals surface area contributed by atoms with Crippen LogP contribution in [-0.2, 0) is 0 Å². The van der Waals surface area contributed by atoms with Crippen LogP contribution in [0.3, 0.4) is 0 Å². The van der Waals surface area contributed by atoms with Gasteiger partial charge in [0.1, 0.15) is 5.82 Å². The van der Waals surface area contributed by atoms with Crippen molar-refractivity contribution in [2.75, 3.05) is 17.2 Å². The summed E-state index contributed by atoms with van der Waals surface area (Å²) in [4.78, 5) is 11.1. The Morgan fingerprint density at radius 3 is 2.94 bits per heavy atom. The average Bonchev–Trinajstić information content (AvgIpc) is 2.41. The fourth-order valence-electron chi connectivity index (χ4n) is 2.05. The maximum atomic E-state index is 5.69. The molecule has 1 atom stereocenters. The van der Waals surface area contributed by atoms with Crippen molar-refractivity contribution in [2.24, 2.45) is 0 Å². The van der Waals surface area contributed by atoms with Crippen LogP contribution in [0.15, 0.2) is 6.07 Å². The monoisotopic (exact) mass is 284 g/mol. The fraction of sp³-hybridized carbons (Fsp3) is 0.636. The van der Waals surface area contributed by atoms with Gasteiger partial charge in [-0.3, -0.25) is 0 Å². The molecule has 1 aromatic rings. The molecule has 1 saturated heterocycles. The van der Waals surface area contributed by atoms with Crippen LogP contribution < -0.4 is 10.6 Å². The number of aromatic nitrogens is 2. The van der Waals surface area contributed by atoms with Gasteiger partial charge in [0, 0.05) is 18.3 Å². The first-order valence-corrected chi connectivity index (χ1v) is 6.60. The zero-order valence-corrected chi connectivity index (χ0v) is 11.1. The summed E-state index contributed by atoms with van der Waals surface area (Å²) in [5.74, 6) is 1.30. The number of halogens is 1. The zero-order valence-electron chi connectivity index (χ0n) is 9.49. The molecule has 2 heterocycles. The molecule has 0 saturated carbocycles. The SMILES string of the molecule is Cc1cc(N2CCCCC[C@@H]2Br)nc(N)n1. The Kier molecular flexibility index (Phi) is 3.63. The van der Waals surface area contributed by atoms with Crippen molar-refractivity contribution in [3.8, 4) is 0 Å². The first-order chi connectivity index (χ1) is 7.66. The molecule has 1 fully saturated rings. The second kappa shape index (κ2) is 4.99. The van der Waals surface area contributed by atoms with Crippen molar-refractivity contribution < 1.29 is 0 Å². The minimum Gasteiger partial charge on any atom is -0.368 e. The molecule has 2 rings (SSSR count). The number of hydrogen-bond donors (Lipinski definition) is 1. The molecule has 1 aromatic heterocycles. The van der Waals surface area contributed by atoms with Crippen molar-refractivity contribution in [1.29, 1.82) is 0 Å². The van der Waals surface area contributed by atoms with E-state index in [2.05, 4.69) is 30.8 Å². The Morgan fingerprint density at radius 1 is 1.38 bits per heavy atom. The highest BCUT2D eigenvalue weighted by molar-refractivity contribution is 9.09. The van der Waals surface area contributed by atoms with E-state index in [-0.39, 0.29) is 0 Å². The van der Waals surface area contributed by atoms with Gasteiger partial charge in [-0.05, 0) is 19.8 Å². The van der Waals surface area contributed by atoms with Crippen LogP contribution in [0.5, 0.6) is 0 Å². The van der Waals surface area contributed by atoms with Crippen molar-refractivity contribution in [2.45, 2.75) is 37.6 Å². The van der Waals surface area contributed by atoms with E-state index in [1.54, 1.807) is 0 Å². The van der Waals surface area contributed by atoms with Crippen molar-refractivity contribution in [3.05, 3.63) is 11.8 Å². The second-order valence-electron chi connectivity index (χ2n) is 4.20. The van der Waals surface area contributed by atoms with Crippen molar-refractivity contribution >= 4 is 27.7 Å². The molecule has 16 heavy (non-hydrogen) atoms. The molecule has 0 spiro atoms. The van der Waals surface area contributed by atoms with Crippen molar-refractivity contribution in [3.63, 3.8) is 0 Å². The highest BCUT2D eigenvalue weighted by Crippen LogP contribution is 2.26. The van der Waals surface area contributed by atoms with Gasteiger partial charge in [0.05, 0.1) is 4.95 Å². The Labute approximate surface area is 104 Å². The van der Waals surface area contributed by atoms with Crippen molar-refractivity contribution in [1.82, 2.24) is 9.97 Å². The number of nitrogens with zero attached hydrogens (tertiary/aromatic N) is 3. The summed E-state index contributed by atoms with van der Waals surface area (Å²) in [5.41, 5.74) is 6.61. The lowest BCUT2D eigenvalue weighted by Crippen LogP contribution is -2.31. The lowest BCUT2D eigenvalue weighted by atomic mass is 10.2. The van der Waals surface area contributed by atoms with Gasteiger partial charge < -0.3 is 10.6 Å². The van der Waals surface area contributed by atoms with Crippen LogP contribution >= 0.6 is 15.9 Å². The van der Waals surface area contributed by atoms with Gasteiger partial charge in [0.25, 0.3) is 0 Å². The number of nitrogens with two attached hydrogens (primary N) is 1. The summed E-state index contributed by atoms with van der Waals surface area (Å²) >= 11 is 3.72. The molecule has 1 aliphatic heterocycles. The Bertz CT molecular complexity index is 349. The maximum absolute atomic E-state index is 5.69. The molecule has 5 heteroatoms. The van der Waals surface area contributed by atoms with Crippen LogP contribution in [-0.4, -0.2) is 21.5 Å². The normalized spacial score (nSPS) is 21.9. The quantitative estimate of drug-likeness (QED) is 0.636. The minimum atomic E-state index is 0.360. The third kappa shape index (κ3) is 2.64. The van der Waals surface area contributed by atoms with Crippen LogP contribution in [0.1, 0.15) is 31.4 Å². The van der Waals surface area contributed by atoms with E-state index in [4.69, 9.17) is 5.73 Å². The van der Waals surface area contributed by atoms with Crippen LogP contribution in [0, 0.1) is 6.92 Å². The molecule has 4 nitrogen and oxygen atoms in total. The van der Waals surface area contributed by atoms with E-state index in [1.165, 1.54) is 19.3 Å². The fourth-order valence-corrected chi connectivity index (χ4v) is 2.79. The second-order valence-corrected chi connectivity index (χ2v) is 5.26. The molecule has 0 unspecified atom stereocenters. The Morgan fingerprint density at radius 2 is 2.19 bits per heavy atom. The van der Waals surface area contributed by atoms with Crippen LogP contribution in [0.4, 0.5) is 11.8 Å². The predicted molar refractivity (Wildman–Crippen MR) is 69.7 cm³/mol. The average molecular weight is 285 g/mol. The Balaban J connectivity index is 2.26. The van der Waals surface area contributed by atoms with Gasteiger partial charge in [-0.15, -0.1) is 0 Å². The number of alkyl halides is 1. The first kappa shape index (κ1) is 11.6. The molecule has 0 aromatic carbocycles. The largest absolute Gasteiger partial charge is 0.368 e. The predicted octanol–water partition coefficient (Wildman–Crippen LogP) is 2.47. The molecule has 0 aliphatic carbocycles. The summed E-state index contributed by atoms with van der Waals surface area (Å²) in [6, 6.07) is 2.00. The molecular weight excluding hydrogens is 268 g/mol. The van der Waals surface area contributed by atoms with Gasteiger partial charge >= 0.3 is 0 Å². The van der Waals surface area contributed by atoms with Gasteiger partial charge in [-0.2, -0.15) is 4.98 Å². The van der Waals surface area contributed by atoms with E-state index >= 15 is 0 Å². The standard InChI is InChI=1S/C11H17BrN4/c1-8-7-10(15-11(13)14-8)16-6-4-2-3-5-9(16)12/h7,9H,2-6H2,1H3,(H2,13,14,15)/t9-/m1/s1. The third-order valence-corrected chi connectivity index (χ3v) is 3.78. The molecular formula is C11H17BrN4. The molecule has 1 aliphatic rings. The van der Waals surface area contributed by atoms with E-state index in [1.807, 2.05) is 13.0 Å². The van der Waals surface area contributed by atoms with E-state index in [0.717, 1.165) is 24.5 Å². The number of anilines is 2. The summed E-state index contributed by atoms with van der Waals surface area (Å²) in [6.07, 6.45) is 4.93. The highest BCUT2D eigenvalue weighted by Gasteiger charge is 2.20. The van der Waals surface area contributed by atoms with E-state index < -0.39 is 0 Å². The number of aryl methyl sites for hydroxylation is 1. The van der Waals surface area contributed by atoms with Gasteiger partial charge in [-0.1, -0.05) is 28.8 Å². The smallest absolute Gasteiger partial charge is 0.222 e. The number of hydrogen-bond acceptors (Lipinski definition) is 4. The summed E-state index contributed by atoms with van der Waals surface area (Å²) in [7, 11) is 0.